The molecular formula is C33H40N4O7. The first kappa shape index (κ1) is 31.1. The van der Waals surface area contributed by atoms with Crippen LogP contribution in [0.5, 0.6) is 17.2 Å². The Hall–Kier alpha value is -4.38. The number of rotatable bonds is 4. The third-order valence-corrected chi connectivity index (χ3v) is 8.28. The molecule has 0 spiro atoms. The predicted molar refractivity (Wildman–Crippen MR) is 161 cm³/mol. The molecule has 4 heterocycles. The minimum Gasteiger partial charge on any atom is -0.493 e. The van der Waals surface area contributed by atoms with Gasteiger partial charge in [-0.25, -0.2) is 0 Å². The van der Waals surface area contributed by atoms with Gasteiger partial charge in [-0.1, -0.05) is 23.4 Å². The van der Waals surface area contributed by atoms with E-state index in [9.17, 15) is 14.4 Å². The van der Waals surface area contributed by atoms with E-state index in [1.54, 1.807) is 19.1 Å². The molecule has 3 aliphatic heterocycles. The maximum absolute atomic E-state index is 13.3. The van der Waals surface area contributed by atoms with Gasteiger partial charge in [0.05, 0.1) is 38.1 Å². The molecule has 0 unspecified atom stereocenters. The molecule has 234 valence electrons. The molecule has 11 nitrogen and oxygen atoms in total. The highest BCUT2D eigenvalue weighted by Gasteiger charge is 2.33. The first-order chi connectivity index (χ1) is 21.2. The molecule has 4 bridgehead atoms. The summed E-state index contributed by atoms with van der Waals surface area (Å²) in [6.07, 6.45) is 1.69. The van der Waals surface area contributed by atoms with Gasteiger partial charge in [0.25, 0.3) is 0 Å². The van der Waals surface area contributed by atoms with Crippen LogP contribution in [0.25, 0.3) is 0 Å². The van der Waals surface area contributed by atoms with E-state index in [-0.39, 0.29) is 43.3 Å². The molecule has 1 saturated heterocycles. The quantitative estimate of drug-likeness (QED) is 0.478. The van der Waals surface area contributed by atoms with Crippen molar-refractivity contribution in [2.75, 3.05) is 33.8 Å². The first-order valence-corrected chi connectivity index (χ1v) is 15.0. The number of hydrogen-bond donors (Lipinski definition) is 1. The molecule has 0 radical (unpaired) electrons. The molecule has 0 saturated carbocycles. The molecule has 44 heavy (non-hydrogen) atoms. The number of aryl methyl sites for hydroxylation is 3. The first-order valence-electron chi connectivity index (χ1n) is 15.0. The van der Waals surface area contributed by atoms with Crippen molar-refractivity contribution in [3.05, 3.63) is 70.6 Å². The molecule has 2 atom stereocenters. The second-order valence-corrected chi connectivity index (χ2v) is 11.4. The number of hydrogen-bond acceptors (Lipinski definition) is 8. The smallest absolute Gasteiger partial charge is 0.239 e. The van der Waals surface area contributed by atoms with E-state index in [2.05, 4.69) is 10.5 Å². The largest absolute Gasteiger partial charge is 0.493 e. The summed E-state index contributed by atoms with van der Waals surface area (Å²) in [6, 6.07) is 12.9. The third kappa shape index (κ3) is 7.57. The Labute approximate surface area is 257 Å². The van der Waals surface area contributed by atoms with E-state index in [0.29, 0.717) is 56.0 Å². The van der Waals surface area contributed by atoms with Crippen molar-refractivity contribution in [2.45, 2.75) is 64.7 Å². The maximum atomic E-state index is 13.3. The monoisotopic (exact) mass is 604 g/mol. The van der Waals surface area contributed by atoms with Crippen LogP contribution in [-0.2, 0) is 38.6 Å². The minimum absolute atomic E-state index is 0.00875. The van der Waals surface area contributed by atoms with E-state index in [4.69, 9.17) is 18.7 Å². The number of carbonyl (C=O) groups excluding carboxylic acids is 3. The van der Waals surface area contributed by atoms with Gasteiger partial charge in [0.1, 0.15) is 11.5 Å². The highest BCUT2D eigenvalue weighted by Crippen LogP contribution is 2.33. The van der Waals surface area contributed by atoms with Crippen LogP contribution >= 0.6 is 0 Å². The Bertz CT molecular complexity index is 1480. The predicted octanol–water partition coefficient (Wildman–Crippen LogP) is 3.73. The molecule has 1 aromatic heterocycles. The average Bonchev–Trinajstić information content (AvgIpc) is 3.34. The van der Waals surface area contributed by atoms with Gasteiger partial charge in [0.15, 0.2) is 11.5 Å². The van der Waals surface area contributed by atoms with Crippen molar-refractivity contribution in [3.63, 3.8) is 0 Å². The Morgan fingerprint density at radius 3 is 2.73 bits per heavy atom. The fourth-order valence-corrected chi connectivity index (χ4v) is 5.70. The molecule has 0 aliphatic carbocycles. The molecule has 1 fully saturated rings. The number of benzene rings is 2. The number of fused-ring (bicyclic) bond motifs is 9. The van der Waals surface area contributed by atoms with Crippen LogP contribution in [-0.4, -0.2) is 78.6 Å². The Morgan fingerprint density at radius 1 is 1.11 bits per heavy atom. The zero-order valence-electron chi connectivity index (χ0n) is 25.8. The number of amides is 3. The van der Waals surface area contributed by atoms with Crippen molar-refractivity contribution in [1.82, 2.24) is 20.3 Å². The highest BCUT2D eigenvalue weighted by molar-refractivity contribution is 5.85. The SMILES string of the molecule is COc1cc2ccc1Oc1cccc(c1)CO[C@H]1CN(C(=O)CCc3c(C)noc3C)CC[C@@H]1NC(=O)CN(C)C(=O)CC2. The summed E-state index contributed by atoms with van der Waals surface area (Å²) < 4.78 is 23.4. The van der Waals surface area contributed by atoms with Crippen molar-refractivity contribution in [3.8, 4) is 17.2 Å². The van der Waals surface area contributed by atoms with Gasteiger partial charge in [0, 0.05) is 38.5 Å². The standard InChI is InChI=1S/C33H40N4O7/c1-21-26(22(2)44-35-21)10-13-33(40)37-15-14-27-30(18-37)42-20-24-6-5-7-25(16-24)43-28-11-8-23(17-29(28)41-4)9-12-32(39)36(3)19-31(38)34-27/h5-8,11,16-17,27,30H,9-10,12-15,18-20H2,1-4H3,(H,34,38)/t27-,30-/m0/s1. The van der Waals surface area contributed by atoms with Crippen molar-refractivity contribution in [1.29, 1.82) is 0 Å². The average molecular weight is 605 g/mol. The third-order valence-electron chi connectivity index (χ3n) is 8.28. The number of likely N-dealkylation sites (tertiary alicyclic amines) is 1. The lowest BCUT2D eigenvalue weighted by molar-refractivity contribution is -0.139. The second-order valence-electron chi connectivity index (χ2n) is 11.4. The van der Waals surface area contributed by atoms with Gasteiger partial charge in [-0.2, -0.15) is 0 Å². The van der Waals surface area contributed by atoms with Crippen LogP contribution < -0.4 is 14.8 Å². The fourth-order valence-electron chi connectivity index (χ4n) is 5.70. The van der Waals surface area contributed by atoms with Crippen LogP contribution in [0.1, 0.15) is 47.4 Å². The molecule has 6 rings (SSSR count). The number of methoxy groups -OCH3 is 1. The van der Waals surface area contributed by atoms with E-state index in [1.807, 2.05) is 56.3 Å². The van der Waals surface area contributed by atoms with Crippen LogP contribution in [0.2, 0.25) is 0 Å². The van der Waals surface area contributed by atoms with Gasteiger partial charge in [-0.15, -0.1) is 0 Å². The van der Waals surface area contributed by atoms with E-state index < -0.39 is 6.10 Å². The van der Waals surface area contributed by atoms with Crippen molar-refractivity contribution < 1.29 is 33.1 Å². The summed E-state index contributed by atoms with van der Waals surface area (Å²) >= 11 is 0. The number of carbonyl (C=O) groups is 3. The molecule has 2 aromatic carbocycles. The molecule has 3 aromatic rings. The summed E-state index contributed by atoms with van der Waals surface area (Å²) in [5.74, 6) is 2.07. The molecule has 3 aliphatic rings. The summed E-state index contributed by atoms with van der Waals surface area (Å²) in [5, 5.41) is 7.06. The number of ether oxygens (including phenoxy) is 3. The summed E-state index contributed by atoms with van der Waals surface area (Å²) in [5.41, 5.74) is 3.56. The van der Waals surface area contributed by atoms with Crippen molar-refractivity contribution in [2.24, 2.45) is 0 Å². The Balaban J connectivity index is 1.34. The number of nitrogens with zero attached hydrogens (tertiary/aromatic N) is 3. The highest BCUT2D eigenvalue weighted by atomic mass is 16.5. The van der Waals surface area contributed by atoms with Gasteiger partial charge in [-0.3, -0.25) is 14.4 Å². The Kier molecular flexibility index (Phi) is 9.84. The van der Waals surface area contributed by atoms with Gasteiger partial charge < -0.3 is 33.9 Å². The van der Waals surface area contributed by atoms with E-state index in [1.165, 1.54) is 4.90 Å². The lowest BCUT2D eigenvalue weighted by atomic mass is 10.00. The number of piperidine rings is 1. The number of likely N-dealkylation sites (N-methyl/N-ethyl adjacent to an activating group) is 1. The Morgan fingerprint density at radius 2 is 1.95 bits per heavy atom. The van der Waals surface area contributed by atoms with Crippen LogP contribution in [0, 0.1) is 13.8 Å². The lowest BCUT2D eigenvalue weighted by Crippen LogP contribution is -2.57. The molecular weight excluding hydrogens is 564 g/mol. The zero-order valence-corrected chi connectivity index (χ0v) is 25.8. The van der Waals surface area contributed by atoms with E-state index >= 15 is 0 Å². The van der Waals surface area contributed by atoms with Gasteiger partial charge in [-0.05, 0) is 68.5 Å². The summed E-state index contributed by atoms with van der Waals surface area (Å²) in [7, 11) is 3.21. The molecule has 3 amide bonds. The van der Waals surface area contributed by atoms with Gasteiger partial charge >= 0.3 is 0 Å². The maximum Gasteiger partial charge on any atom is 0.239 e. The number of aromatic nitrogens is 1. The van der Waals surface area contributed by atoms with Crippen LogP contribution in [0.4, 0.5) is 0 Å². The zero-order chi connectivity index (χ0) is 31.2. The molecule has 11 heteroatoms. The fraction of sp³-hybridized carbons (Fsp3) is 0.455. The minimum atomic E-state index is -0.448. The molecule has 1 N–H and O–H groups in total. The van der Waals surface area contributed by atoms with Crippen LogP contribution in [0.15, 0.2) is 47.0 Å². The second kappa shape index (κ2) is 13.9. The lowest BCUT2D eigenvalue weighted by Gasteiger charge is -2.39. The van der Waals surface area contributed by atoms with Crippen molar-refractivity contribution >= 4 is 17.7 Å². The van der Waals surface area contributed by atoms with E-state index in [0.717, 1.165) is 28.1 Å². The van der Waals surface area contributed by atoms with Gasteiger partial charge in [0.2, 0.25) is 17.7 Å². The number of nitrogens with one attached hydrogen (secondary N) is 1. The van der Waals surface area contributed by atoms with Crippen LogP contribution in [0.3, 0.4) is 0 Å². The normalized spacial score (nSPS) is 19.7. The summed E-state index contributed by atoms with van der Waals surface area (Å²) in [4.78, 5) is 42.4. The topological polar surface area (TPSA) is 123 Å². The summed E-state index contributed by atoms with van der Waals surface area (Å²) in [6.45, 7) is 4.73.